The van der Waals surface area contributed by atoms with Gasteiger partial charge in [0.05, 0.1) is 18.8 Å². The number of hydrogen-bond donors (Lipinski definition) is 1. The van der Waals surface area contributed by atoms with E-state index in [4.69, 9.17) is 29.6 Å². The van der Waals surface area contributed by atoms with Gasteiger partial charge in [-0.25, -0.2) is 9.98 Å². The maximum absolute atomic E-state index is 6.25. The van der Waals surface area contributed by atoms with Crippen LogP contribution in [0.5, 0.6) is 5.75 Å². The first-order chi connectivity index (χ1) is 19.2. The van der Waals surface area contributed by atoms with Crippen LogP contribution in [-0.4, -0.2) is 78.1 Å². The van der Waals surface area contributed by atoms with Crippen molar-refractivity contribution in [3.63, 3.8) is 0 Å². The zero-order chi connectivity index (χ0) is 26.6. The third kappa shape index (κ3) is 5.49. The van der Waals surface area contributed by atoms with Crippen molar-refractivity contribution in [3.05, 3.63) is 48.5 Å². The van der Waals surface area contributed by atoms with Crippen molar-refractivity contribution in [1.29, 1.82) is 0 Å². The van der Waals surface area contributed by atoms with E-state index in [1.54, 1.807) is 18.1 Å². The molecular weight excluding hydrogens is 496 g/mol. The number of aliphatic imine (C=N–C) groups is 1. The van der Waals surface area contributed by atoms with Gasteiger partial charge in [-0.15, -0.1) is 5.10 Å². The van der Waals surface area contributed by atoms with Crippen LogP contribution in [0, 0.1) is 5.92 Å². The van der Waals surface area contributed by atoms with Crippen LogP contribution in [-0.2, 0) is 4.74 Å². The Morgan fingerprint density at radius 3 is 2.69 bits per heavy atom. The fourth-order valence-electron chi connectivity index (χ4n) is 5.62. The molecule has 3 aliphatic rings. The van der Waals surface area contributed by atoms with Gasteiger partial charge in [0.25, 0.3) is 0 Å². The standard InChI is InChI=1S/C28H36N8O3/c1-37-17-18-38-22-9-7-21(8-10-22)34-14-11-20(12-15-34)5-2-3-13-35-26-23(19-30-35)27-31-25(24-6-4-16-39-24)33-36(27)28(29)32-26/h4,6-10,16,19-20,23,26H,2-3,5,11-15,17-18H2,1H3,(H2,29,32). The number of piperidine rings is 1. The van der Waals surface area contributed by atoms with Gasteiger partial charge in [-0.1, -0.05) is 12.8 Å². The normalized spacial score (nSPS) is 20.7. The highest BCUT2D eigenvalue weighted by molar-refractivity contribution is 5.85. The van der Waals surface area contributed by atoms with Gasteiger partial charge in [-0.3, -0.25) is 5.01 Å². The number of nitrogens with zero attached hydrogens (tertiary/aromatic N) is 7. The molecule has 0 bridgehead atoms. The maximum Gasteiger partial charge on any atom is 0.220 e. The number of benzene rings is 1. The van der Waals surface area contributed by atoms with E-state index in [0.717, 1.165) is 43.5 Å². The SMILES string of the molecule is COCCOc1ccc(N2CCC(CCCCN3N=CC4c5nc(-c6ccco6)nn5C(N)=NC43)CC2)cc1. The number of nitrogens with two attached hydrogens (primary N) is 1. The molecule has 206 valence electrons. The van der Waals surface area contributed by atoms with E-state index in [-0.39, 0.29) is 12.1 Å². The number of hydrogen-bond acceptors (Lipinski definition) is 10. The van der Waals surface area contributed by atoms with Crippen LogP contribution in [0.4, 0.5) is 5.69 Å². The number of ether oxygens (including phenoxy) is 2. The summed E-state index contributed by atoms with van der Waals surface area (Å²) in [5.74, 6) is 3.81. The molecule has 0 saturated carbocycles. The van der Waals surface area contributed by atoms with Crippen LogP contribution < -0.4 is 15.4 Å². The summed E-state index contributed by atoms with van der Waals surface area (Å²) in [5, 5.41) is 11.2. The molecule has 0 amide bonds. The monoisotopic (exact) mass is 532 g/mol. The fraction of sp³-hybridized carbons (Fsp3) is 0.500. The zero-order valence-corrected chi connectivity index (χ0v) is 22.4. The second kappa shape index (κ2) is 11.5. The first-order valence-electron chi connectivity index (χ1n) is 13.8. The summed E-state index contributed by atoms with van der Waals surface area (Å²) in [5.41, 5.74) is 7.52. The molecule has 6 rings (SSSR count). The summed E-state index contributed by atoms with van der Waals surface area (Å²) in [7, 11) is 1.68. The van der Waals surface area contributed by atoms with Crippen LogP contribution in [0.15, 0.2) is 57.2 Å². The maximum atomic E-state index is 6.25. The van der Waals surface area contributed by atoms with Gasteiger partial charge in [0.1, 0.15) is 18.2 Å². The van der Waals surface area contributed by atoms with E-state index in [1.165, 1.54) is 31.4 Å². The van der Waals surface area contributed by atoms with Crippen LogP contribution in [0.3, 0.4) is 0 Å². The van der Waals surface area contributed by atoms with E-state index >= 15 is 0 Å². The zero-order valence-electron chi connectivity index (χ0n) is 22.4. The molecule has 11 nitrogen and oxygen atoms in total. The van der Waals surface area contributed by atoms with Crippen molar-refractivity contribution in [2.24, 2.45) is 21.7 Å². The molecule has 1 fully saturated rings. The lowest BCUT2D eigenvalue weighted by atomic mass is 9.91. The van der Waals surface area contributed by atoms with Crippen LogP contribution >= 0.6 is 0 Å². The molecule has 2 N–H and O–H groups in total. The third-order valence-electron chi connectivity index (χ3n) is 7.78. The first-order valence-corrected chi connectivity index (χ1v) is 13.8. The summed E-state index contributed by atoms with van der Waals surface area (Å²) in [6.07, 6.45) is 9.33. The number of fused-ring (bicyclic) bond motifs is 3. The number of rotatable bonds is 11. The predicted molar refractivity (Wildman–Crippen MR) is 149 cm³/mol. The minimum absolute atomic E-state index is 0.0659. The van der Waals surface area contributed by atoms with E-state index in [2.05, 4.69) is 27.2 Å². The first kappa shape index (κ1) is 25.4. The largest absolute Gasteiger partial charge is 0.491 e. The van der Waals surface area contributed by atoms with Gasteiger partial charge in [-0.05, 0) is 61.6 Å². The molecule has 0 radical (unpaired) electrons. The number of anilines is 1. The third-order valence-corrected chi connectivity index (χ3v) is 7.78. The lowest BCUT2D eigenvalue weighted by molar-refractivity contribution is 0.146. The van der Waals surface area contributed by atoms with E-state index in [1.807, 2.05) is 35.5 Å². The van der Waals surface area contributed by atoms with Gasteiger partial charge in [0, 0.05) is 38.6 Å². The predicted octanol–water partition coefficient (Wildman–Crippen LogP) is 3.54. The molecule has 2 unspecified atom stereocenters. The summed E-state index contributed by atoms with van der Waals surface area (Å²) >= 11 is 0. The molecule has 39 heavy (non-hydrogen) atoms. The van der Waals surface area contributed by atoms with Crippen molar-refractivity contribution in [3.8, 4) is 17.3 Å². The van der Waals surface area contributed by atoms with Gasteiger partial charge in [-0.2, -0.15) is 9.78 Å². The van der Waals surface area contributed by atoms with Crippen molar-refractivity contribution < 1.29 is 13.9 Å². The molecule has 0 aliphatic carbocycles. The highest BCUT2D eigenvalue weighted by Gasteiger charge is 2.39. The number of aromatic nitrogens is 3. The Kier molecular flexibility index (Phi) is 7.49. The minimum atomic E-state index is -0.161. The Labute approximate surface area is 228 Å². The molecule has 2 atom stereocenters. The number of furan rings is 1. The lowest BCUT2D eigenvalue weighted by Gasteiger charge is -2.34. The van der Waals surface area contributed by atoms with E-state index in [9.17, 15) is 0 Å². The molecular formula is C28H36N8O3. The molecule has 2 aromatic heterocycles. The molecule has 3 aromatic rings. The highest BCUT2D eigenvalue weighted by Crippen LogP contribution is 2.33. The van der Waals surface area contributed by atoms with Crippen molar-refractivity contribution in [1.82, 2.24) is 19.8 Å². The van der Waals surface area contributed by atoms with Gasteiger partial charge in [0.2, 0.25) is 11.8 Å². The molecule has 0 spiro atoms. The number of methoxy groups -OCH3 is 1. The van der Waals surface area contributed by atoms with Gasteiger partial charge >= 0.3 is 0 Å². The van der Waals surface area contributed by atoms with Crippen LogP contribution in [0.25, 0.3) is 11.6 Å². The Balaban J connectivity index is 0.939. The van der Waals surface area contributed by atoms with E-state index in [0.29, 0.717) is 30.8 Å². The Hall–Kier alpha value is -3.86. The smallest absolute Gasteiger partial charge is 0.220 e. The van der Waals surface area contributed by atoms with Crippen molar-refractivity contribution in [2.75, 3.05) is 44.9 Å². The van der Waals surface area contributed by atoms with Crippen LogP contribution in [0.1, 0.15) is 43.8 Å². The second-order valence-corrected chi connectivity index (χ2v) is 10.3. The Morgan fingerprint density at radius 2 is 1.92 bits per heavy atom. The molecule has 1 aromatic carbocycles. The minimum Gasteiger partial charge on any atom is -0.491 e. The number of unbranched alkanes of at least 4 members (excludes halogenated alkanes) is 1. The second-order valence-electron chi connectivity index (χ2n) is 10.3. The summed E-state index contributed by atoms with van der Waals surface area (Å²) in [6.45, 7) is 4.23. The lowest BCUT2D eigenvalue weighted by Crippen LogP contribution is -2.41. The average Bonchev–Trinajstić information content (AvgIpc) is 3.72. The van der Waals surface area contributed by atoms with E-state index < -0.39 is 0 Å². The molecule has 1 saturated heterocycles. The molecule has 5 heterocycles. The summed E-state index contributed by atoms with van der Waals surface area (Å²) < 4.78 is 17.8. The fourth-order valence-corrected chi connectivity index (χ4v) is 5.62. The number of hydrazone groups is 1. The molecule has 11 heteroatoms. The molecule has 3 aliphatic heterocycles. The van der Waals surface area contributed by atoms with Gasteiger partial charge < -0.3 is 24.5 Å². The van der Waals surface area contributed by atoms with Crippen LogP contribution in [0.2, 0.25) is 0 Å². The quantitative estimate of drug-likeness (QED) is 0.373. The Bertz CT molecular complexity index is 1280. The van der Waals surface area contributed by atoms with Crippen molar-refractivity contribution >= 4 is 17.9 Å². The van der Waals surface area contributed by atoms with Crippen molar-refractivity contribution in [2.45, 2.75) is 44.2 Å². The topological polar surface area (TPSA) is 120 Å². The summed E-state index contributed by atoms with van der Waals surface area (Å²) in [4.78, 5) is 11.9. The Morgan fingerprint density at radius 1 is 1.08 bits per heavy atom. The average molecular weight is 533 g/mol. The van der Waals surface area contributed by atoms with Gasteiger partial charge in [0.15, 0.2) is 11.9 Å². The highest BCUT2D eigenvalue weighted by atomic mass is 16.5. The summed E-state index contributed by atoms with van der Waals surface area (Å²) in [6, 6.07) is 12.1.